The molecule has 0 radical (unpaired) electrons. The Kier molecular flexibility index (Phi) is 8.88. The maximum absolute atomic E-state index is 13.7. The SMILES string of the molecule is COc1cccc(C(=O)/C=C/C(=O)N2CCN(C(=O)C[C@@H]3N=C(c4ccc(Cl)cc4)c4c(sc(C)c4C)-n4c(C)nnc43)CC2)c1. The molecular weight excluding hydrogens is 624 g/mol. The number of fused-ring (bicyclic) bond motifs is 3. The second-order valence-corrected chi connectivity index (χ2v) is 12.9. The highest BCUT2D eigenvalue weighted by Gasteiger charge is 2.34. The van der Waals surface area contributed by atoms with Gasteiger partial charge in [-0.1, -0.05) is 35.9 Å². The number of benzene rings is 2. The summed E-state index contributed by atoms with van der Waals surface area (Å²) in [5, 5.41) is 10.5. The van der Waals surface area contributed by atoms with Crippen molar-refractivity contribution in [3.63, 3.8) is 0 Å². The molecule has 0 bridgehead atoms. The number of ketones is 1. The Bertz CT molecular complexity index is 1890. The summed E-state index contributed by atoms with van der Waals surface area (Å²) >= 11 is 7.88. The summed E-state index contributed by atoms with van der Waals surface area (Å²) in [5.74, 6) is 1.28. The van der Waals surface area contributed by atoms with Crippen LogP contribution in [0.1, 0.15) is 56.0 Å². The van der Waals surface area contributed by atoms with Crippen LogP contribution in [0.5, 0.6) is 5.75 Å². The van der Waals surface area contributed by atoms with Crippen molar-refractivity contribution in [2.24, 2.45) is 4.99 Å². The molecule has 0 spiro atoms. The van der Waals surface area contributed by atoms with Crippen molar-refractivity contribution in [3.8, 4) is 10.8 Å². The molecule has 0 N–H and O–H groups in total. The van der Waals surface area contributed by atoms with Crippen LogP contribution < -0.4 is 4.74 Å². The van der Waals surface area contributed by atoms with Gasteiger partial charge >= 0.3 is 0 Å². The molecule has 10 nitrogen and oxygen atoms in total. The van der Waals surface area contributed by atoms with Crippen LogP contribution in [0.3, 0.4) is 0 Å². The zero-order valence-electron chi connectivity index (χ0n) is 26.0. The number of piperazine rings is 1. The van der Waals surface area contributed by atoms with E-state index in [9.17, 15) is 14.4 Å². The quantitative estimate of drug-likeness (QED) is 0.197. The number of aromatic nitrogens is 3. The molecule has 2 aromatic heterocycles. The lowest BCUT2D eigenvalue weighted by Gasteiger charge is -2.34. The maximum atomic E-state index is 13.7. The number of aryl methyl sites for hydroxylation is 2. The predicted octanol–water partition coefficient (Wildman–Crippen LogP) is 5.31. The molecule has 4 heterocycles. The lowest BCUT2D eigenvalue weighted by molar-refractivity contribution is -0.137. The lowest BCUT2D eigenvalue weighted by atomic mass is 9.99. The number of aliphatic imine (C=N–C) groups is 1. The highest BCUT2D eigenvalue weighted by Crippen LogP contribution is 2.39. The molecule has 2 aliphatic heterocycles. The van der Waals surface area contributed by atoms with Crippen LogP contribution in [0.4, 0.5) is 0 Å². The highest BCUT2D eigenvalue weighted by molar-refractivity contribution is 7.15. The standard InChI is InChI=1S/C34H33ClN6O4S/c1-20-21(2)46-34-31(20)32(23-8-10-25(35)11-9-23)36-27(33-38-37-22(3)41(33)34)19-30(44)40-16-14-39(15-17-40)29(43)13-12-28(42)24-6-5-7-26(18-24)45-4/h5-13,18,27H,14-17,19H2,1-4H3/b13-12+/t27-/m0/s1. The smallest absolute Gasteiger partial charge is 0.246 e. The van der Waals surface area contributed by atoms with E-state index in [1.54, 1.807) is 45.4 Å². The summed E-state index contributed by atoms with van der Waals surface area (Å²) in [5.41, 5.74) is 4.27. The summed E-state index contributed by atoms with van der Waals surface area (Å²) in [6, 6.07) is 13.8. The Morgan fingerprint density at radius 3 is 2.41 bits per heavy atom. The van der Waals surface area contributed by atoms with Crippen molar-refractivity contribution >= 4 is 46.2 Å². The van der Waals surface area contributed by atoms with Gasteiger partial charge in [-0.2, -0.15) is 0 Å². The normalized spacial score (nSPS) is 16.1. The molecule has 6 rings (SSSR count). The zero-order chi connectivity index (χ0) is 32.5. The van der Waals surface area contributed by atoms with Crippen LogP contribution >= 0.6 is 22.9 Å². The Morgan fingerprint density at radius 2 is 1.70 bits per heavy atom. The van der Waals surface area contributed by atoms with Gasteiger partial charge in [0.25, 0.3) is 0 Å². The van der Waals surface area contributed by atoms with Crippen LogP contribution in [0, 0.1) is 20.8 Å². The fourth-order valence-corrected chi connectivity index (χ4v) is 7.07. The summed E-state index contributed by atoms with van der Waals surface area (Å²) in [7, 11) is 1.53. The molecule has 1 saturated heterocycles. The first-order chi connectivity index (χ1) is 22.1. The molecule has 0 saturated carbocycles. The number of hydrogen-bond acceptors (Lipinski definition) is 8. The molecular formula is C34H33ClN6O4S. The van der Waals surface area contributed by atoms with Gasteiger partial charge in [0, 0.05) is 58.8 Å². The number of methoxy groups -OCH3 is 1. The summed E-state index contributed by atoms with van der Waals surface area (Å²) in [4.78, 5) is 48.9. The fraction of sp³-hybridized carbons (Fsp3) is 0.294. The number of allylic oxidation sites excluding steroid dienone is 1. The van der Waals surface area contributed by atoms with Gasteiger partial charge in [-0.05, 0) is 56.7 Å². The molecule has 0 aliphatic carbocycles. The van der Waals surface area contributed by atoms with E-state index >= 15 is 0 Å². The van der Waals surface area contributed by atoms with Crippen LogP contribution in [-0.4, -0.2) is 81.2 Å². The molecule has 1 fully saturated rings. The van der Waals surface area contributed by atoms with E-state index in [1.807, 2.05) is 35.8 Å². The second kappa shape index (κ2) is 13.0. The number of nitrogens with zero attached hydrogens (tertiary/aromatic N) is 6. The van der Waals surface area contributed by atoms with Gasteiger partial charge in [0.1, 0.15) is 22.6 Å². The van der Waals surface area contributed by atoms with Gasteiger partial charge in [-0.15, -0.1) is 21.5 Å². The second-order valence-electron chi connectivity index (χ2n) is 11.2. The number of hydrogen-bond donors (Lipinski definition) is 0. The number of amides is 2. The fourth-order valence-electron chi connectivity index (χ4n) is 5.73. The number of carbonyl (C=O) groups excluding carboxylic acids is 3. The minimum atomic E-state index is -0.566. The first-order valence-corrected chi connectivity index (χ1v) is 16.1. The van der Waals surface area contributed by atoms with E-state index < -0.39 is 6.04 Å². The molecule has 1 atom stereocenters. The highest BCUT2D eigenvalue weighted by atomic mass is 35.5. The first kappa shape index (κ1) is 31.4. The Hall–Kier alpha value is -4.61. The van der Waals surface area contributed by atoms with Crippen molar-refractivity contribution in [1.82, 2.24) is 24.6 Å². The third-order valence-corrected chi connectivity index (χ3v) is 9.85. The van der Waals surface area contributed by atoms with Crippen LogP contribution in [-0.2, 0) is 9.59 Å². The maximum Gasteiger partial charge on any atom is 0.246 e. The molecule has 2 aromatic carbocycles. The molecule has 2 amide bonds. The van der Waals surface area contributed by atoms with Gasteiger partial charge in [0.2, 0.25) is 11.8 Å². The van der Waals surface area contributed by atoms with Crippen molar-refractivity contribution < 1.29 is 19.1 Å². The number of halogens is 1. The zero-order valence-corrected chi connectivity index (χ0v) is 27.6. The molecule has 0 unspecified atom stereocenters. The Balaban J connectivity index is 1.18. The van der Waals surface area contributed by atoms with E-state index in [1.165, 1.54) is 24.1 Å². The third-order valence-electron chi connectivity index (χ3n) is 8.40. The average Bonchev–Trinajstić information content (AvgIpc) is 3.55. The minimum absolute atomic E-state index is 0.0783. The minimum Gasteiger partial charge on any atom is -0.497 e. The van der Waals surface area contributed by atoms with Crippen LogP contribution in [0.2, 0.25) is 5.02 Å². The summed E-state index contributed by atoms with van der Waals surface area (Å²) in [6.45, 7) is 7.55. The average molecular weight is 657 g/mol. The first-order valence-electron chi connectivity index (χ1n) is 14.9. The Morgan fingerprint density at radius 1 is 0.978 bits per heavy atom. The van der Waals surface area contributed by atoms with E-state index in [0.717, 1.165) is 33.2 Å². The van der Waals surface area contributed by atoms with E-state index in [-0.39, 0.29) is 24.0 Å². The number of ether oxygens (including phenoxy) is 1. The summed E-state index contributed by atoms with van der Waals surface area (Å²) < 4.78 is 7.20. The van der Waals surface area contributed by atoms with Gasteiger partial charge in [-0.3, -0.25) is 23.9 Å². The third kappa shape index (κ3) is 6.12. The Labute approximate surface area is 276 Å². The predicted molar refractivity (Wildman–Crippen MR) is 178 cm³/mol. The molecule has 4 aromatic rings. The van der Waals surface area contributed by atoms with Gasteiger partial charge in [0.05, 0.1) is 19.2 Å². The van der Waals surface area contributed by atoms with Crippen molar-refractivity contribution in [2.75, 3.05) is 33.3 Å². The molecule has 2 aliphatic rings. The van der Waals surface area contributed by atoms with Gasteiger partial charge in [-0.25, -0.2) is 0 Å². The van der Waals surface area contributed by atoms with Crippen molar-refractivity contribution in [2.45, 2.75) is 33.2 Å². The van der Waals surface area contributed by atoms with Crippen LogP contribution in [0.15, 0.2) is 65.7 Å². The van der Waals surface area contributed by atoms with E-state index in [0.29, 0.717) is 48.3 Å². The van der Waals surface area contributed by atoms with E-state index in [2.05, 4.69) is 24.0 Å². The molecule has 46 heavy (non-hydrogen) atoms. The number of thiophene rings is 1. The van der Waals surface area contributed by atoms with Crippen molar-refractivity contribution in [1.29, 1.82) is 0 Å². The van der Waals surface area contributed by atoms with E-state index in [4.69, 9.17) is 21.3 Å². The van der Waals surface area contributed by atoms with Gasteiger partial charge in [0.15, 0.2) is 11.6 Å². The largest absolute Gasteiger partial charge is 0.497 e. The molecule has 236 valence electrons. The topological polar surface area (TPSA) is 110 Å². The number of carbonyl (C=O) groups is 3. The lowest BCUT2D eigenvalue weighted by Crippen LogP contribution is -2.50. The van der Waals surface area contributed by atoms with Crippen molar-refractivity contribution in [3.05, 3.63) is 104 Å². The summed E-state index contributed by atoms with van der Waals surface area (Å²) in [6.07, 6.45) is 2.66. The monoisotopic (exact) mass is 656 g/mol. The van der Waals surface area contributed by atoms with Gasteiger partial charge < -0.3 is 14.5 Å². The molecule has 12 heteroatoms. The van der Waals surface area contributed by atoms with Crippen LogP contribution in [0.25, 0.3) is 5.00 Å². The number of rotatable bonds is 7.